The highest BCUT2D eigenvalue weighted by Gasteiger charge is 2.66. The average molecular weight is 399 g/mol. The Morgan fingerprint density at radius 2 is 1.97 bits per heavy atom. The maximum absolute atomic E-state index is 10.1. The van der Waals surface area contributed by atoms with Gasteiger partial charge in [0, 0.05) is 18.3 Å². The summed E-state index contributed by atoms with van der Waals surface area (Å²) >= 11 is 0. The zero-order valence-corrected chi connectivity index (χ0v) is 18.4. The van der Waals surface area contributed by atoms with Crippen LogP contribution in [0.5, 0.6) is 0 Å². The van der Waals surface area contributed by atoms with E-state index in [1.807, 2.05) is 0 Å². The van der Waals surface area contributed by atoms with Crippen molar-refractivity contribution >= 4 is 0 Å². The molecular formula is C26H38O3. The molecule has 0 aromatic heterocycles. The highest BCUT2D eigenvalue weighted by molar-refractivity contribution is 5.40. The van der Waals surface area contributed by atoms with Crippen LogP contribution in [0.4, 0.5) is 0 Å². The maximum atomic E-state index is 10.1. The van der Waals surface area contributed by atoms with Gasteiger partial charge in [-0.3, -0.25) is 0 Å². The van der Waals surface area contributed by atoms with Crippen molar-refractivity contribution in [2.75, 3.05) is 6.61 Å². The van der Waals surface area contributed by atoms with E-state index < -0.39 is 0 Å². The fourth-order valence-corrected chi connectivity index (χ4v) is 8.57. The molecule has 4 aliphatic carbocycles. The Kier molecular flexibility index (Phi) is 4.23. The van der Waals surface area contributed by atoms with Crippen LogP contribution >= 0.6 is 0 Å². The van der Waals surface area contributed by atoms with Gasteiger partial charge >= 0.3 is 0 Å². The van der Waals surface area contributed by atoms with E-state index in [0.717, 1.165) is 32.3 Å². The largest absolute Gasteiger partial charge is 0.393 e. The summed E-state index contributed by atoms with van der Waals surface area (Å²) in [7, 11) is 0. The Labute approximate surface area is 175 Å². The molecule has 0 bridgehead atoms. The highest BCUT2D eigenvalue weighted by atomic mass is 16.7. The molecule has 29 heavy (non-hydrogen) atoms. The molecule has 1 N–H and O–H groups in total. The van der Waals surface area contributed by atoms with Crippen molar-refractivity contribution < 1.29 is 14.6 Å². The van der Waals surface area contributed by atoms with E-state index in [1.165, 1.54) is 25.7 Å². The third-order valence-corrected chi connectivity index (χ3v) is 10.1. The lowest BCUT2D eigenvalue weighted by Gasteiger charge is -2.49. The Morgan fingerprint density at radius 3 is 2.76 bits per heavy atom. The molecule has 6 aliphatic rings. The minimum atomic E-state index is -0.320. The van der Waals surface area contributed by atoms with E-state index in [9.17, 15) is 5.11 Å². The van der Waals surface area contributed by atoms with Gasteiger partial charge < -0.3 is 14.6 Å². The van der Waals surface area contributed by atoms with Gasteiger partial charge in [0.25, 0.3) is 0 Å². The number of aliphatic hydroxyl groups excluding tert-OH is 1. The van der Waals surface area contributed by atoms with Gasteiger partial charge in [0.2, 0.25) is 0 Å². The van der Waals surface area contributed by atoms with E-state index in [2.05, 4.69) is 32.9 Å². The normalized spacial score (nSPS) is 56.1. The Bertz CT molecular complexity index is 745. The molecule has 2 aliphatic heterocycles. The van der Waals surface area contributed by atoms with Crippen LogP contribution < -0.4 is 0 Å². The van der Waals surface area contributed by atoms with E-state index in [-0.39, 0.29) is 17.3 Å². The van der Waals surface area contributed by atoms with Crippen LogP contribution in [0.3, 0.4) is 0 Å². The number of hydrogen-bond acceptors (Lipinski definition) is 3. The van der Waals surface area contributed by atoms with Crippen LogP contribution in [0.15, 0.2) is 23.3 Å². The van der Waals surface area contributed by atoms with E-state index in [1.54, 1.807) is 11.1 Å². The standard InChI is InChI=1S/C26H38O3/c1-15-8-11-26(28-14-15)16(2)24-23(29-26)13-22-21-6-4-17-12-18(27)5-7-19(17)20(21)9-10-25(22,24)3/h9-10,15-18,21-24,27H,4-8,11-14H2,1-3H3/t15-,16+,17+,18+,21-,22-,23+,24+,25+,26-/m1/s1. The zero-order valence-electron chi connectivity index (χ0n) is 18.4. The SMILES string of the molecule is C[C@@H]1CC[C@@]2(OC1)O[C@H]1C[C@@H]3[C@@H]4CC[C@H]5C[C@@H](O)CCC5=C4C=C[C@]3(C)[C@H]1[C@@H]2C. The summed E-state index contributed by atoms with van der Waals surface area (Å²) in [4.78, 5) is 0. The molecule has 1 spiro atoms. The molecular weight excluding hydrogens is 360 g/mol. The van der Waals surface area contributed by atoms with E-state index >= 15 is 0 Å². The number of hydrogen-bond donors (Lipinski definition) is 1. The fraction of sp³-hybridized carbons (Fsp3) is 0.846. The molecule has 160 valence electrons. The predicted molar refractivity (Wildman–Crippen MR) is 113 cm³/mol. The maximum Gasteiger partial charge on any atom is 0.171 e. The summed E-state index contributed by atoms with van der Waals surface area (Å²) in [5, 5.41) is 10.1. The van der Waals surface area contributed by atoms with Gasteiger partial charge in [0.1, 0.15) is 0 Å². The number of ether oxygens (including phenoxy) is 2. The quantitative estimate of drug-likeness (QED) is 0.606. The Hall–Kier alpha value is -0.640. The lowest BCUT2D eigenvalue weighted by Crippen LogP contribution is -2.47. The van der Waals surface area contributed by atoms with Crippen LogP contribution in [0.2, 0.25) is 0 Å². The Balaban J connectivity index is 1.32. The smallest absolute Gasteiger partial charge is 0.171 e. The summed E-state index contributed by atoms with van der Waals surface area (Å²) < 4.78 is 13.2. The molecule has 0 aromatic carbocycles. The number of aliphatic hydroxyl groups is 1. The van der Waals surface area contributed by atoms with Crippen LogP contribution in [-0.2, 0) is 9.47 Å². The van der Waals surface area contributed by atoms with Gasteiger partial charge in [-0.15, -0.1) is 0 Å². The van der Waals surface area contributed by atoms with Crippen LogP contribution in [0.1, 0.15) is 72.1 Å². The number of fused-ring (bicyclic) bond motifs is 6. The molecule has 3 nitrogen and oxygen atoms in total. The first-order chi connectivity index (χ1) is 13.9. The summed E-state index contributed by atoms with van der Waals surface area (Å²) in [6.07, 6.45) is 14.5. The topological polar surface area (TPSA) is 38.7 Å². The van der Waals surface area contributed by atoms with Gasteiger partial charge in [-0.2, -0.15) is 0 Å². The first-order valence-corrected chi connectivity index (χ1v) is 12.3. The molecule has 0 amide bonds. The summed E-state index contributed by atoms with van der Waals surface area (Å²) in [5.41, 5.74) is 3.58. The third-order valence-electron chi connectivity index (χ3n) is 10.1. The first kappa shape index (κ1) is 19.1. The molecule has 2 heterocycles. The fourth-order valence-electron chi connectivity index (χ4n) is 8.57. The first-order valence-electron chi connectivity index (χ1n) is 12.3. The highest BCUT2D eigenvalue weighted by Crippen LogP contribution is 2.66. The second-order valence-corrected chi connectivity index (χ2v) is 11.6. The lowest BCUT2D eigenvalue weighted by atomic mass is 9.56. The van der Waals surface area contributed by atoms with Crippen molar-refractivity contribution in [1.82, 2.24) is 0 Å². The monoisotopic (exact) mass is 398 g/mol. The van der Waals surface area contributed by atoms with Crippen molar-refractivity contribution in [1.29, 1.82) is 0 Å². The summed E-state index contributed by atoms with van der Waals surface area (Å²) in [6, 6.07) is 0. The third kappa shape index (κ3) is 2.59. The zero-order chi connectivity index (χ0) is 20.0. The molecule has 10 atom stereocenters. The minimum Gasteiger partial charge on any atom is -0.393 e. The van der Waals surface area contributed by atoms with Gasteiger partial charge in [0.15, 0.2) is 5.79 Å². The van der Waals surface area contributed by atoms with E-state index in [4.69, 9.17) is 9.47 Å². The molecule has 3 heteroatoms. The molecule has 2 saturated heterocycles. The summed E-state index contributed by atoms with van der Waals surface area (Å²) in [6.45, 7) is 8.09. The van der Waals surface area contributed by atoms with Crippen LogP contribution in [-0.4, -0.2) is 29.7 Å². The second-order valence-electron chi connectivity index (χ2n) is 11.6. The van der Waals surface area contributed by atoms with Crippen molar-refractivity contribution in [2.24, 2.45) is 40.9 Å². The Morgan fingerprint density at radius 1 is 1.10 bits per heavy atom. The molecule has 2 saturated carbocycles. The van der Waals surface area contributed by atoms with Gasteiger partial charge in [-0.05, 0) is 79.6 Å². The van der Waals surface area contributed by atoms with Crippen LogP contribution in [0.25, 0.3) is 0 Å². The molecule has 0 aromatic rings. The minimum absolute atomic E-state index is 0.0757. The van der Waals surface area contributed by atoms with Gasteiger partial charge in [-0.25, -0.2) is 0 Å². The number of rotatable bonds is 0. The predicted octanol–water partition coefficient (Wildman–Crippen LogP) is 5.24. The van der Waals surface area contributed by atoms with E-state index in [0.29, 0.717) is 41.6 Å². The van der Waals surface area contributed by atoms with Crippen LogP contribution in [0, 0.1) is 40.9 Å². The van der Waals surface area contributed by atoms with Crippen molar-refractivity contribution in [3.8, 4) is 0 Å². The lowest BCUT2D eigenvalue weighted by molar-refractivity contribution is -0.271. The molecule has 0 unspecified atom stereocenters. The molecule has 6 rings (SSSR count). The van der Waals surface area contributed by atoms with Crippen molar-refractivity contribution in [3.63, 3.8) is 0 Å². The molecule has 0 radical (unpaired) electrons. The van der Waals surface area contributed by atoms with Crippen molar-refractivity contribution in [3.05, 3.63) is 23.3 Å². The average Bonchev–Trinajstić information content (AvgIpc) is 3.15. The molecule has 4 fully saturated rings. The van der Waals surface area contributed by atoms with Gasteiger partial charge in [0.05, 0.1) is 18.8 Å². The van der Waals surface area contributed by atoms with Crippen molar-refractivity contribution in [2.45, 2.75) is 90.1 Å². The second kappa shape index (κ2) is 6.43. The van der Waals surface area contributed by atoms with Gasteiger partial charge in [-0.1, -0.05) is 38.5 Å². The summed E-state index contributed by atoms with van der Waals surface area (Å²) in [5.74, 6) is 3.43. The number of allylic oxidation sites excluding steroid dienone is 4.